The van der Waals surface area contributed by atoms with E-state index in [0.29, 0.717) is 17.1 Å². The summed E-state index contributed by atoms with van der Waals surface area (Å²) < 4.78 is 1.08. The lowest BCUT2D eigenvalue weighted by atomic mass is 10.1. The Kier molecular flexibility index (Phi) is 5.22. The predicted molar refractivity (Wildman–Crippen MR) is 115 cm³/mol. The number of thiazole rings is 1. The standard InChI is InChI=1S/C22H20N4O2S/c1-13-16(21(28)26-20(24-13)15-8-4-3-5-9-15)12-19(27)23-14(2)22-25-17-10-6-7-11-18(17)29-22/h3-11,14H,12H2,1-2H3,(H,23,27)(H,24,26,28). The number of benzene rings is 2. The van der Waals surface area contributed by atoms with Crippen molar-refractivity contribution in [1.82, 2.24) is 20.3 Å². The maximum Gasteiger partial charge on any atom is 0.255 e. The molecule has 0 aliphatic rings. The average Bonchev–Trinajstić information content (AvgIpc) is 3.16. The number of aromatic amines is 1. The van der Waals surface area contributed by atoms with Gasteiger partial charge in [0.1, 0.15) is 10.8 Å². The van der Waals surface area contributed by atoms with E-state index in [2.05, 4.69) is 20.3 Å². The van der Waals surface area contributed by atoms with Crippen LogP contribution in [-0.2, 0) is 11.2 Å². The summed E-state index contributed by atoms with van der Waals surface area (Å²) in [5, 5.41) is 3.77. The monoisotopic (exact) mass is 404 g/mol. The Balaban J connectivity index is 1.50. The van der Waals surface area contributed by atoms with E-state index in [1.54, 1.807) is 18.3 Å². The summed E-state index contributed by atoms with van der Waals surface area (Å²) >= 11 is 1.55. The highest BCUT2D eigenvalue weighted by atomic mass is 32.1. The number of para-hydroxylation sites is 1. The van der Waals surface area contributed by atoms with Gasteiger partial charge in [0, 0.05) is 16.8 Å². The number of nitrogens with zero attached hydrogens (tertiary/aromatic N) is 2. The zero-order valence-corrected chi connectivity index (χ0v) is 16.9. The van der Waals surface area contributed by atoms with Crippen LogP contribution in [-0.4, -0.2) is 20.9 Å². The van der Waals surface area contributed by atoms with Gasteiger partial charge in [-0.05, 0) is 26.0 Å². The number of hydrogen-bond donors (Lipinski definition) is 2. The van der Waals surface area contributed by atoms with Crippen LogP contribution < -0.4 is 10.9 Å². The van der Waals surface area contributed by atoms with Crippen molar-refractivity contribution in [3.8, 4) is 11.4 Å². The van der Waals surface area contributed by atoms with E-state index in [1.807, 2.05) is 61.5 Å². The summed E-state index contributed by atoms with van der Waals surface area (Å²) in [6, 6.07) is 17.1. The van der Waals surface area contributed by atoms with E-state index in [4.69, 9.17) is 0 Å². The highest BCUT2D eigenvalue weighted by Gasteiger charge is 2.17. The van der Waals surface area contributed by atoms with Crippen LogP contribution in [0.4, 0.5) is 0 Å². The van der Waals surface area contributed by atoms with E-state index in [1.165, 1.54) is 0 Å². The van der Waals surface area contributed by atoms with Crippen LogP contribution in [0.25, 0.3) is 21.6 Å². The van der Waals surface area contributed by atoms with Crippen molar-refractivity contribution in [3.63, 3.8) is 0 Å². The van der Waals surface area contributed by atoms with Gasteiger partial charge < -0.3 is 10.3 Å². The molecule has 0 saturated carbocycles. The van der Waals surface area contributed by atoms with Crippen LogP contribution in [0.15, 0.2) is 59.4 Å². The van der Waals surface area contributed by atoms with Gasteiger partial charge in [-0.3, -0.25) is 9.59 Å². The Labute approximate surface area is 171 Å². The zero-order valence-electron chi connectivity index (χ0n) is 16.1. The predicted octanol–water partition coefficient (Wildman–Crippen LogP) is 3.77. The van der Waals surface area contributed by atoms with Gasteiger partial charge in [-0.1, -0.05) is 42.5 Å². The largest absolute Gasteiger partial charge is 0.347 e. The molecule has 29 heavy (non-hydrogen) atoms. The maximum atomic E-state index is 12.6. The normalized spacial score (nSPS) is 12.1. The number of rotatable bonds is 5. The number of H-pyrrole nitrogens is 1. The molecule has 2 N–H and O–H groups in total. The second-order valence-corrected chi connectivity index (χ2v) is 7.89. The smallest absolute Gasteiger partial charge is 0.255 e. The SMILES string of the molecule is Cc1nc(-c2ccccc2)[nH]c(=O)c1CC(=O)NC(C)c1nc2ccccc2s1. The molecule has 2 aromatic carbocycles. The van der Waals surface area contributed by atoms with Gasteiger partial charge in [-0.25, -0.2) is 9.97 Å². The molecule has 0 radical (unpaired) electrons. The second-order valence-electron chi connectivity index (χ2n) is 6.83. The third-order valence-corrected chi connectivity index (χ3v) is 5.88. The minimum Gasteiger partial charge on any atom is -0.347 e. The first kappa shape index (κ1) is 19.0. The van der Waals surface area contributed by atoms with Crippen LogP contribution in [0, 0.1) is 6.92 Å². The summed E-state index contributed by atoms with van der Waals surface area (Å²) in [5.74, 6) is 0.264. The highest BCUT2D eigenvalue weighted by molar-refractivity contribution is 7.18. The molecule has 1 atom stereocenters. The minimum absolute atomic E-state index is 0.0293. The average molecular weight is 404 g/mol. The summed E-state index contributed by atoms with van der Waals surface area (Å²) in [6.07, 6.45) is -0.0293. The van der Waals surface area contributed by atoms with Crippen LogP contribution in [0.2, 0.25) is 0 Å². The molecule has 7 heteroatoms. The Morgan fingerprint density at radius 2 is 1.83 bits per heavy atom. The number of hydrogen-bond acceptors (Lipinski definition) is 5. The fourth-order valence-corrected chi connectivity index (χ4v) is 4.11. The summed E-state index contributed by atoms with van der Waals surface area (Å²) in [7, 11) is 0. The topological polar surface area (TPSA) is 87.7 Å². The molecule has 0 aliphatic carbocycles. The lowest BCUT2D eigenvalue weighted by Crippen LogP contribution is -2.31. The third kappa shape index (κ3) is 4.09. The molecule has 4 aromatic rings. The molecule has 2 heterocycles. The number of nitrogens with one attached hydrogen (secondary N) is 2. The van der Waals surface area contributed by atoms with Gasteiger partial charge in [0.25, 0.3) is 5.56 Å². The van der Waals surface area contributed by atoms with Crippen LogP contribution in [0.5, 0.6) is 0 Å². The van der Waals surface area contributed by atoms with Crippen molar-refractivity contribution in [2.45, 2.75) is 26.3 Å². The molecule has 2 aromatic heterocycles. The molecule has 146 valence electrons. The summed E-state index contributed by atoms with van der Waals surface area (Å²) in [6.45, 7) is 3.64. The van der Waals surface area contributed by atoms with Crippen LogP contribution >= 0.6 is 11.3 Å². The van der Waals surface area contributed by atoms with Gasteiger partial charge in [0.05, 0.1) is 22.7 Å². The Bertz CT molecular complexity index is 1200. The quantitative estimate of drug-likeness (QED) is 0.530. The summed E-state index contributed by atoms with van der Waals surface area (Å²) in [4.78, 5) is 37.0. The number of aromatic nitrogens is 3. The van der Waals surface area contributed by atoms with Crippen molar-refractivity contribution in [2.75, 3.05) is 0 Å². The summed E-state index contributed by atoms with van der Waals surface area (Å²) in [5.41, 5.74) is 2.38. The molecule has 6 nitrogen and oxygen atoms in total. The first-order valence-corrected chi connectivity index (χ1v) is 10.1. The van der Waals surface area contributed by atoms with Crippen molar-refractivity contribution in [3.05, 3.63) is 81.2 Å². The molecule has 0 spiro atoms. The lowest BCUT2D eigenvalue weighted by Gasteiger charge is -2.12. The van der Waals surface area contributed by atoms with Crippen molar-refractivity contribution >= 4 is 27.5 Å². The molecule has 0 fully saturated rings. The molecule has 0 saturated heterocycles. The molecule has 1 amide bonds. The number of carbonyl (C=O) groups is 1. The maximum absolute atomic E-state index is 12.6. The molecule has 4 rings (SSSR count). The molecule has 0 aliphatic heterocycles. The highest BCUT2D eigenvalue weighted by Crippen LogP contribution is 2.26. The molecule has 1 unspecified atom stereocenters. The fraction of sp³-hybridized carbons (Fsp3) is 0.182. The van der Waals surface area contributed by atoms with E-state index < -0.39 is 0 Å². The first-order chi connectivity index (χ1) is 14.0. The fourth-order valence-electron chi connectivity index (χ4n) is 3.14. The van der Waals surface area contributed by atoms with E-state index in [0.717, 1.165) is 20.8 Å². The lowest BCUT2D eigenvalue weighted by molar-refractivity contribution is -0.121. The van der Waals surface area contributed by atoms with Gasteiger partial charge in [-0.2, -0.15) is 0 Å². The Hall–Kier alpha value is -3.32. The zero-order chi connectivity index (χ0) is 20.4. The van der Waals surface area contributed by atoms with Gasteiger partial charge >= 0.3 is 0 Å². The van der Waals surface area contributed by atoms with Gasteiger partial charge in [0.2, 0.25) is 5.91 Å². The van der Waals surface area contributed by atoms with E-state index in [-0.39, 0.29) is 23.9 Å². The van der Waals surface area contributed by atoms with Gasteiger partial charge in [-0.15, -0.1) is 11.3 Å². The Morgan fingerprint density at radius 3 is 2.55 bits per heavy atom. The number of aryl methyl sites for hydroxylation is 1. The number of carbonyl (C=O) groups excluding carboxylic acids is 1. The Morgan fingerprint density at radius 1 is 1.10 bits per heavy atom. The van der Waals surface area contributed by atoms with Crippen molar-refractivity contribution < 1.29 is 4.79 Å². The van der Waals surface area contributed by atoms with Crippen LogP contribution in [0.3, 0.4) is 0 Å². The van der Waals surface area contributed by atoms with E-state index in [9.17, 15) is 9.59 Å². The van der Waals surface area contributed by atoms with Gasteiger partial charge in [0.15, 0.2) is 0 Å². The van der Waals surface area contributed by atoms with Crippen molar-refractivity contribution in [1.29, 1.82) is 0 Å². The number of fused-ring (bicyclic) bond motifs is 1. The minimum atomic E-state index is -0.292. The van der Waals surface area contributed by atoms with E-state index >= 15 is 0 Å². The second kappa shape index (κ2) is 7.97. The molecule has 0 bridgehead atoms. The first-order valence-electron chi connectivity index (χ1n) is 9.31. The molecular formula is C22H20N4O2S. The molecular weight excluding hydrogens is 384 g/mol. The third-order valence-electron chi connectivity index (χ3n) is 4.67. The van der Waals surface area contributed by atoms with Crippen molar-refractivity contribution in [2.24, 2.45) is 0 Å². The van der Waals surface area contributed by atoms with Crippen LogP contribution in [0.1, 0.15) is 29.2 Å². The number of amides is 1.